The lowest BCUT2D eigenvalue weighted by molar-refractivity contribution is 0.241. The molecule has 0 rings (SSSR count). The van der Waals surface area contributed by atoms with Crippen LogP contribution in [0.4, 0.5) is 0 Å². The van der Waals surface area contributed by atoms with Crippen LogP contribution in [0.5, 0.6) is 0 Å². The monoisotopic (exact) mass is 258 g/mol. The van der Waals surface area contributed by atoms with E-state index in [9.17, 15) is 0 Å². The molecule has 0 aliphatic heterocycles. The van der Waals surface area contributed by atoms with Crippen molar-refractivity contribution in [2.24, 2.45) is 5.41 Å². The number of rotatable bonds is 11. The fourth-order valence-electron chi connectivity index (χ4n) is 2.44. The smallest absolute Gasteiger partial charge is 0.0328 e. The molecule has 0 aromatic heterocycles. The van der Waals surface area contributed by atoms with Crippen molar-refractivity contribution in [3.05, 3.63) is 0 Å². The van der Waals surface area contributed by atoms with Crippen LogP contribution in [0.15, 0.2) is 0 Å². The fourth-order valence-corrected chi connectivity index (χ4v) is 2.44. The Morgan fingerprint density at radius 3 is 1.28 bits per heavy atom. The van der Waals surface area contributed by atoms with E-state index in [1.165, 1.54) is 70.6 Å². The van der Waals surface area contributed by atoms with Gasteiger partial charge in [-0.15, -0.1) is 0 Å². The van der Waals surface area contributed by atoms with Crippen LogP contribution >= 0.6 is 0 Å². The first-order valence-electron chi connectivity index (χ1n) is 7.68. The maximum absolute atomic E-state index is 2.50. The summed E-state index contributed by atoms with van der Waals surface area (Å²) in [7, 11) is 0. The summed E-state index contributed by atoms with van der Waals surface area (Å²) in [5.74, 6) is 0. The van der Waals surface area contributed by atoms with Crippen molar-refractivity contribution in [3.63, 3.8) is 0 Å². The van der Waals surface area contributed by atoms with Gasteiger partial charge in [-0.25, -0.2) is 0 Å². The van der Waals surface area contributed by atoms with Crippen LogP contribution in [-0.4, -0.2) is 0 Å². The van der Waals surface area contributed by atoms with Gasteiger partial charge in [0.15, 0.2) is 0 Å². The van der Waals surface area contributed by atoms with Crippen LogP contribution in [0, 0.1) is 5.41 Å². The zero-order valence-corrected chi connectivity index (χ0v) is 12.3. The SMILES string of the molecule is C.C.CCCCCCC(C)(CC)CCCCCC. The first-order valence-corrected chi connectivity index (χ1v) is 7.68. The summed E-state index contributed by atoms with van der Waals surface area (Å²) in [5.41, 5.74) is 0.640. The van der Waals surface area contributed by atoms with Gasteiger partial charge in [0.05, 0.1) is 0 Å². The van der Waals surface area contributed by atoms with Crippen molar-refractivity contribution in [2.75, 3.05) is 0 Å². The predicted molar refractivity (Wildman–Crippen MR) is 89.4 cm³/mol. The lowest BCUT2D eigenvalue weighted by Gasteiger charge is -2.28. The molecule has 114 valence electrons. The van der Waals surface area contributed by atoms with Gasteiger partial charge in [0.2, 0.25) is 0 Å². The summed E-state index contributed by atoms with van der Waals surface area (Å²) >= 11 is 0. The lowest BCUT2D eigenvalue weighted by Crippen LogP contribution is -2.15. The van der Waals surface area contributed by atoms with E-state index in [1.807, 2.05) is 0 Å². The molecule has 0 unspecified atom stereocenters. The summed E-state index contributed by atoms with van der Waals surface area (Å²) in [4.78, 5) is 0. The van der Waals surface area contributed by atoms with E-state index in [0.717, 1.165) is 0 Å². The third-order valence-electron chi connectivity index (χ3n) is 4.12. The summed E-state index contributed by atoms with van der Waals surface area (Å²) < 4.78 is 0. The zero-order valence-electron chi connectivity index (χ0n) is 12.3. The molecule has 0 radical (unpaired) electrons. The fraction of sp³-hybridized carbons (Fsp3) is 1.00. The predicted octanol–water partition coefficient (Wildman–Crippen LogP) is 7.62. The number of hydrogen-bond donors (Lipinski definition) is 0. The first-order chi connectivity index (χ1) is 7.68. The molecule has 0 nitrogen and oxygen atoms in total. The Labute approximate surface area is 119 Å². The van der Waals surface area contributed by atoms with Crippen molar-refractivity contribution in [1.29, 1.82) is 0 Å². The Kier molecular flexibility index (Phi) is 19.3. The zero-order chi connectivity index (χ0) is 12.3. The number of unbranched alkanes of at least 4 members (excludes halogenated alkanes) is 6. The standard InChI is InChI=1S/C16H34.2CH4/c1-5-8-10-12-14-16(4,7-3)15-13-11-9-6-2;;/h5-15H2,1-4H3;2*1H4. The van der Waals surface area contributed by atoms with E-state index < -0.39 is 0 Å². The molecule has 0 saturated carbocycles. The molecule has 0 saturated heterocycles. The van der Waals surface area contributed by atoms with Gasteiger partial charge in [-0.1, -0.05) is 100 Å². The van der Waals surface area contributed by atoms with E-state index in [1.54, 1.807) is 0 Å². The summed E-state index contributed by atoms with van der Waals surface area (Å²) in [6.45, 7) is 9.47. The second-order valence-corrected chi connectivity index (χ2v) is 5.79. The average molecular weight is 259 g/mol. The largest absolute Gasteiger partial charge is 0.0776 e. The molecular formula is C18H42. The van der Waals surface area contributed by atoms with E-state index in [0.29, 0.717) is 5.41 Å². The van der Waals surface area contributed by atoms with Gasteiger partial charge >= 0.3 is 0 Å². The van der Waals surface area contributed by atoms with Crippen LogP contribution < -0.4 is 0 Å². The average Bonchev–Trinajstić information content (AvgIpc) is 2.31. The second-order valence-electron chi connectivity index (χ2n) is 5.79. The molecule has 0 aliphatic carbocycles. The molecule has 0 N–H and O–H groups in total. The Hall–Kier alpha value is 0. The maximum atomic E-state index is 2.50. The molecule has 0 atom stereocenters. The van der Waals surface area contributed by atoms with Gasteiger partial charge in [0.1, 0.15) is 0 Å². The highest BCUT2D eigenvalue weighted by Gasteiger charge is 2.20. The van der Waals surface area contributed by atoms with Crippen LogP contribution in [0.3, 0.4) is 0 Å². The van der Waals surface area contributed by atoms with E-state index in [2.05, 4.69) is 27.7 Å². The Morgan fingerprint density at radius 1 is 0.611 bits per heavy atom. The third kappa shape index (κ3) is 12.5. The second kappa shape index (κ2) is 15.1. The minimum Gasteiger partial charge on any atom is -0.0776 e. The molecule has 18 heavy (non-hydrogen) atoms. The highest BCUT2D eigenvalue weighted by Crippen LogP contribution is 2.34. The first kappa shape index (κ1) is 23.1. The van der Waals surface area contributed by atoms with Crippen molar-refractivity contribution < 1.29 is 0 Å². The molecule has 0 aromatic carbocycles. The third-order valence-corrected chi connectivity index (χ3v) is 4.12. The molecule has 0 heteroatoms. The van der Waals surface area contributed by atoms with E-state index in [4.69, 9.17) is 0 Å². The molecule has 0 aromatic rings. The van der Waals surface area contributed by atoms with Gasteiger partial charge in [0.25, 0.3) is 0 Å². The Bertz CT molecular complexity index is 125. The van der Waals surface area contributed by atoms with Gasteiger partial charge < -0.3 is 0 Å². The normalized spacial score (nSPS) is 10.7. The minimum atomic E-state index is 0. The maximum Gasteiger partial charge on any atom is -0.0328 e. The summed E-state index contributed by atoms with van der Waals surface area (Å²) in [6.07, 6.45) is 15.6. The van der Waals surface area contributed by atoms with E-state index in [-0.39, 0.29) is 14.9 Å². The highest BCUT2D eigenvalue weighted by molar-refractivity contribution is 4.72. The van der Waals surface area contributed by atoms with Crippen molar-refractivity contribution in [3.8, 4) is 0 Å². The van der Waals surface area contributed by atoms with Gasteiger partial charge in [-0.2, -0.15) is 0 Å². The quantitative estimate of drug-likeness (QED) is 0.334. The number of hydrogen-bond acceptors (Lipinski definition) is 0. The summed E-state index contributed by atoms with van der Waals surface area (Å²) in [6, 6.07) is 0. The van der Waals surface area contributed by atoms with E-state index >= 15 is 0 Å². The molecule has 0 bridgehead atoms. The molecule has 0 heterocycles. The molecule has 0 spiro atoms. The van der Waals surface area contributed by atoms with Gasteiger partial charge in [0, 0.05) is 0 Å². The molecule has 0 amide bonds. The topological polar surface area (TPSA) is 0 Å². The van der Waals surface area contributed by atoms with Gasteiger partial charge in [-0.05, 0) is 18.3 Å². The van der Waals surface area contributed by atoms with Crippen LogP contribution in [0.2, 0.25) is 0 Å². The molecule has 0 fully saturated rings. The molecular weight excluding hydrogens is 216 g/mol. The van der Waals surface area contributed by atoms with Crippen molar-refractivity contribution >= 4 is 0 Å². The minimum absolute atomic E-state index is 0. The van der Waals surface area contributed by atoms with Gasteiger partial charge in [-0.3, -0.25) is 0 Å². The van der Waals surface area contributed by atoms with Crippen LogP contribution in [0.25, 0.3) is 0 Å². The summed E-state index contributed by atoms with van der Waals surface area (Å²) in [5, 5.41) is 0. The molecule has 0 aliphatic rings. The van der Waals surface area contributed by atoms with Crippen LogP contribution in [0.1, 0.15) is 113 Å². The lowest BCUT2D eigenvalue weighted by atomic mass is 9.77. The van der Waals surface area contributed by atoms with Crippen molar-refractivity contribution in [1.82, 2.24) is 0 Å². The van der Waals surface area contributed by atoms with Crippen molar-refractivity contribution in [2.45, 2.75) is 113 Å². The van der Waals surface area contributed by atoms with Crippen LogP contribution in [-0.2, 0) is 0 Å². The Balaban J connectivity index is -0.00000112. The Morgan fingerprint density at radius 2 is 1.00 bits per heavy atom. The highest BCUT2D eigenvalue weighted by atomic mass is 14.3.